The summed E-state index contributed by atoms with van der Waals surface area (Å²) in [5.41, 5.74) is 4.55. The van der Waals surface area contributed by atoms with Crippen LogP contribution in [0.5, 0.6) is 5.75 Å². The number of benzene rings is 1. The van der Waals surface area contributed by atoms with Gasteiger partial charge >= 0.3 is 0 Å². The minimum absolute atomic E-state index is 0.253. The monoisotopic (exact) mass is 422 g/mol. The number of anilines is 3. The molecule has 1 aromatic carbocycles. The second-order valence-electron chi connectivity index (χ2n) is 8.36. The molecular formula is C23H27FN6O. The highest BCUT2D eigenvalue weighted by Gasteiger charge is 2.25. The molecule has 4 heterocycles. The van der Waals surface area contributed by atoms with E-state index in [0.29, 0.717) is 24.0 Å². The normalized spacial score (nSPS) is 15.5. The number of hydrogen-bond acceptors (Lipinski definition) is 6. The third-order valence-corrected chi connectivity index (χ3v) is 5.87. The molecule has 7 nitrogen and oxygen atoms in total. The van der Waals surface area contributed by atoms with Crippen molar-refractivity contribution < 1.29 is 9.13 Å². The van der Waals surface area contributed by atoms with Gasteiger partial charge in [-0.25, -0.2) is 14.4 Å². The van der Waals surface area contributed by atoms with E-state index in [4.69, 9.17) is 14.7 Å². The fourth-order valence-electron chi connectivity index (χ4n) is 4.23. The van der Waals surface area contributed by atoms with Crippen LogP contribution in [-0.2, 0) is 20.0 Å². The van der Waals surface area contributed by atoms with Gasteiger partial charge in [-0.2, -0.15) is 0 Å². The summed E-state index contributed by atoms with van der Waals surface area (Å²) in [4.78, 5) is 11.6. The van der Waals surface area contributed by atoms with E-state index in [1.54, 1.807) is 0 Å². The largest absolute Gasteiger partial charge is 0.486 e. The number of aryl methyl sites for hydroxylation is 1. The van der Waals surface area contributed by atoms with Gasteiger partial charge in [-0.1, -0.05) is 6.07 Å². The third kappa shape index (κ3) is 3.72. The van der Waals surface area contributed by atoms with Gasteiger partial charge in [0.1, 0.15) is 12.4 Å². The maximum absolute atomic E-state index is 14.9. The average Bonchev–Trinajstić information content (AvgIpc) is 3.13. The molecule has 0 bridgehead atoms. The first-order valence-electron chi connectivity index (χ1n) is 10.7. The Bertz CT molecular complexity index is 1130. The van der Waals surface area contributed by atoms with Crippen LogP contribution in [0, 0.1) is 5.82 Å². The molecule has 2 aliphatic rings. The number of hydrogen-bond donors (Lipinski definition) is 2. The summed E-state index contributed by atoms with van der Waals surface area (Å²) in [7, 11) is 1.92. The Labute approximate surface area is 181 Å². The average molecular weight is 423 g/mol. The van der Waals surface area contributed by atoms with Gasteiger partial charge in [-0.05, 0) is 37.6 Å². The van der Waals surface area contributed by atoms with Crippen molar-refractivity contribution in [2.45, 2.75) is 32.9 Å². The second kappa shape index (κ2) is 7.85. The zero-order valence-corrected chi connectivity index (χ0v) is 18.1. The molecule has 0 atom stereocenters. The van der Waals surface area contributed by atoms with Crippen LogP contribution in [0.25, 0.3) is 11.3 Å². The van der Waals surface area contributed by atoms with Crippen molar-refractivity contribution in [3.8, 4) is 17.0 Å². The number of nitrogens with zero attached hydrogens (tertiary/aromatic N) is 4. The highest BCUT2D eigenvalue weighted by Crippen LogP contribution is 2.39. The summed E-state index contributed by atoms with van der Waals surface area (Å²) in [5.74, 6) is 1.39. The molecular weight excluding hydrogens is 395 g/mol. The second-order valence-corrected chi connectivity index (χ2v) is 8.36. The molecule has 0 fully saturated rings. The van der Waals surface area contributed by atoms with Crippen LogP contribution in [0.1, 0.15) is 25.1 Å². The summed E-state index contributed by atoms with van der Waals surface area (Å²) >= 11 is 0. The number of nitrogens with one attached hydrogen (secondary N) is 2. The third-order valence-electron chi connectivity index (χ3n) is 5.87. The van der Waals surface area contributed by atoms with Crippen LogP contribution in [-0.4, -0.2) is 40.3 Å². The SMILES string of the molecule is CC(C)N1CCOc2c(F)cc(-c3cn(C)c(Nc4ccc5c(n4)CCNC5)n3)cc21. The van der Waals surface area contributed by atoms with Gasteiger partial charge in [0, 0.05) is 50.1 Å². The van der Waals surface area contributed by atoms with Crippen molar-refractivity contribution in [2.24, 2.45) is 7.05 Å². The molecule has 0 saturated heterocycles. The maximum Gasteiger partial charge on any atom is 0.208 e. The van der Waals surface area contributed by atoms with E-state index < -0.39 is 0 Å². The van der Waals surface area contributed by atoms with Gasteiger partial charge in [0.15, 0.2) is 11.6 Å². The smallest absolute Gasteiger partial charge is 0.208 e. The van der Waals surface area contributed by atoms with Crippen LogP contribution in [0.3, 0.4) is 0 Å². The van der Waals surface area contributed by atoms with Crippen molar-refractivity contribution in [3.05, 3.63) is 47.5 Å². The van der Waals surface area contributed by atoms with E-state index in [2.05, 4.69) is 35.4 Å². The molecule has 31 heavy (non-hydrogen) atoms. The van der Waals surface area contributed by atoms with Gasteiger partial charge in [0.2, 0.25) is 5.95 Å². The Balaban J connectivity index is 1.46. The van der Waals surface area contributed by atoms with E-state index in [9.17, 15) is 4.39 Å². The lowest BCUT2D eigenvalue weighted by atomic mass is 10.1. The number of halogens is 1. The highest BCUT2D eigenvalue weighted by molar-refractivity contribution is 5.73. The number of aromatic nitrogens is 3. The van der Waals surface area contributed by atoms with Crippen LogP contribution in [0.4, 0.5) is 21.8 Å². The number of ether oxygens (including phenoxy) is 1. The first kappa shape index (κ1) is 19.8. The Kier molecular flexibility index (Phi) is 5.02. The van der Waals surface area contributed by atoms with Crippen LogP contribution >= 0.6 is 0 Å². The van der Waals surface area contributed by atoms with E-state index >= 15 is 0 Å². The minimum Gasteiger partial charge on any atom is -0.486 e. The zero-order valence-electron chi connectivity index (χ0n) is 18.1. The fourth-order valence-corrected chi connectivity index (χ4v) is 4.23. The van der Waals surface area contributed by atoms with E-state index in [0.717, 1.165) is 48.8 Å². The molecule has 0 unspecified atom stereocenters. The summed E-state index contributed by atoms with van der Waals surface area (Å²) in [6.07, 6.45) is 2.81. The molecule has 0 radical (unpaired) electrons. The first-order chi connectivity index (χ1) is 15.0. The van der Waals surface area contributed by atoms with E-state index in [1.807, 2.05) is 29.9 Å². The number of pyridine rings is 1. The van der Waals surface area contributed by atoms with Gasteiger partial charge in [0.05, 0.1) is 17.9 Å². The Morgan fingerprint density at radius 2 is 2.10 bits per heavy atom. The van der Waals surface area contributed by atoms with Gasteiger partial charge < -0.3 is 24.8 Å². The lowest BCUT2D eigenvalue weighted by Crippen LogP contribution is -2.38. The predicted octanol–water partition coefficient (Wildman–Crippen LogP) is 3.62. The van der Waals surface area contributed by atoms with E-state index in [1.165, 1.54) is 11.6 Å². The molecule has 2 aliphatic heterocycles. The summed E-state index contributed by atoms with van der Waals surface area (Å²) < 4.78 is 22.4. The molecule has 8 heteroatoms. The highest BCUT2D eigenvalue weighted by atomic mass is 19.1. The van der Waals surface area contributed by atoms with Crippen LogP contribution < -0.4 is 20.3 Å². The Morgan fingerprint density at radius 3 is 2.94 bits per heavy atom. The molecule has 162 valence electrons. The van der Waals surface area contributed by atoms with Crippen molar-refractivity contribution in [1.82, 2.24) is 19.9 Å². The molecule has 3 aromatic rings. The molecule has 0 aliphatic carbocycles. The van der Waals surface area contributed by atoms with Gasteiger partial charge in [-0.15, -0.1) is 0 Å². The number of rotatable bonds is 4. The van der Waals surface area contributed by atoms with Crippen molar-refractivity contribution in [1.29, 1.82) is 0 Å². The summed E-state index contributed by atoms with van der Waals surface area (Å²) in [5, 5.41) is 6.66. The quantitative estimate of drug-likeness (QED) is 0.670. The van der Waals surface area contributed by atoms with Gasteiger partial charge in [0.25, 0.3) is 0 Å². The Hall–Kier alpha value is -3.13. The van der Waals surface area contributed by atoms with Gasteiger partial charge in [-0.3, -0.25) is 0 Å². The first-order valence-corrected chi connectivity index (χ1v) is 10.7. The van der Waals surface area contributed by atoms with Crippen molar-refractivity contribution >= 4 is 17.5 Å². The standard InChI is InChI=1S/C23H27FN6O/c1-14(2)30-8-9-31-22-17(24)10-16(11-20(22)30)19-13-29(3)23(27-19)28-21-5-4-15-12-25-7-6-18(15)26-21/h4-5,10-11,13-14,25H,6-9,12H2,1-3H3,(H,26,27,28). The van der Waals surface area contributed by atoms with Crippen LogP contribution in [0.2, 0.25) is 0 Å². The topological polar surface area (TPSA) is 67.2 Å². The summed E-state index contributed by atoms with van der Waals surface area (Å²) in [6, 6.07) is 7.78. The minimum atomic E-state index is -0.358. The van der Waals surface area contributed by atoms with Crippen molar-refractivity contribution in [2.75, 3.05) is 29.9 Å². The molecule has 0 amide bonds. The lowest BCUT2D eigenvalue weighted by Gasteiger charge is -2.34. The fraction of sp³-hybridized carbons (Fsp3) is 0.391. The zero-order chi connectivity index (χ0) is 21.5. The van der Waals surface area contributed by atoms with E-state index in [-0.39, 0.29) is 11.9 Å². The molecule has 2 N–H and O–H groups in total. The number of imidazole rings is 1. The summed E-state index contributed by atoms with van der Waals surface area (Å²) in [6.45, 7) is 7.23. The lowest BCUT2D eigenvalue weighted by molar-refractivity contribution is 0.287. The maximum atomic E-state index is 14.9. The Morgan fingerprint density at radius 1 is 1.23 bits per heavy atom. The predicted molar refractivity (Wildman–Crippen MR) is 120 cm³/mol. The van der Waals surface area contributed by atoms with Crippen molar-refractivity contribution in [3.63, 3.8) is 0 Å². The molecule has 0 saturated carbocycles. The molecule has 5 rings (SSSR count). The molecule has 0 spiro atoms. The number of fused-ring (bicyclic) bond motifs is 2. The molecule has 2 aromatic heterocycles. The van der Waals surface area contributed by atoms with Crippen LogP contribution in [0.15, 0.2) is 30.5 Å².